The zero-order valence-corrected chi connectivity index (χ0v) is 14.0. The minimum Gasteiger partial charge on any atom is -0.335 e. The number of nitrogens with one attached hydrogen (secondary N) is 1. The Morgan fingerprint density at radius 3 is 3.12 bits per heavy atom. The number of carbonyl (C=O) groups is 1. The first-order valence-electron chi connectivity index (χ1n) is 8.48. The van der Waals surface area contributed by atoms with Gasteiger partial charge in [0.15, 0.2) is 5.65 Å². The molecule has 5 nitrogen and oxygen atoms in total. The second-order valence-corrected chi connectivity index (χ2v) is 6.57. The van der Waals surface area contributed by atoms with Crippen molar-refractivity contribution in [3.05, 3.63) is 59.2 Å². The Morgan fingerprint density at radius 1 is 1.40 bits per heavy atom. The van der Waals surface area contributed by atoms with Gasteiger partial charge in [-0.2, -0.15) is 5.10 Å². The fourth-order valence-corrected chi connectivity index (χ4v) is 3.55. The van der Waals surface area contributed by atoms with Crippen LogP contribution in [0.1, 0.15) is 34.5 Å². The molecule has 0 spiro atoms. The van der Waals surface area contributed by atoms with Gasteiger partial charge in [-0.15, -0.1) is 0 Å². The second kappa shape index (κ2) is 6.27. The Kier molecular flexibility index (Phi) is 3.95. The van der Waals surface area contributed by atoms with Crippen LogP contribution in [0.4, 0.5) is 4.39 Å². The molecule has 1 atom stereocenters. The zero-order valence-electron chi connectivity index (χ0n) is 14.0. The predicted molar refractivity (Wildman–Crippen MR) is 92.8 cm³/mol. The number of carbonyl (C=O) groups excluding carboxylic acids is 1. The Hall–Kier alpha value is -2.76. The third-order valence-corrected chi connectivity index (χ3v) is 4.85. The molecular weight excluding hydrogens is 319 g/mol. The van der Waals surface area contributed by atoms with Gasteiger partial charge in [0.05, 0.1) is 5.56 Å². The van der Waals surface area contributed by atoms with Crippen LogP contribution < -0.4 is 0 Å². The lowest BCUT2D eigenvalue weighted by Gasteiger charge is -2.25. The summed E-state index contributed by atoms with van der Waals surface area (Å²) in [6.07, 6.45) is 4.15. The number of hydrogen-bond donors (Lipinski definition) is 1. The van der Waals surface area contributed by atoms with Gasteiger partial charge in [0.25, 0.3) is 5.91 Å². The molecule has 0 aliphatic carbocycles. The maximum absolute atomic E-state index is 13.4. The monoisotopic (exact) mass is 338 g/mol. The van der Waals surface area contributed by atoms with Crippen LogP contribution in [0.5, 0.6) is 0 Å². The molecule has 1 aromatic carbocycles. The van der Waals surface area contributed by atoms with Gasteiger partial charge in [0, 0.05) is 29.9 Å². The van der Waals surface area contributed by atoms with Crippen LogP contribution in [0.3, 0.4) is 0 Å². The van der Waals surface area contributed by atoms with E-state index >= 15 is 0 Å². The van der Waals surface area contributed by atoms with Crippen LogP contribution in [0.2, 0.25) is 0 Å². The quantitative estimate of drug-likeness (QED) is 0.797. The van der Waals surface area contributed by atoms with Crippen molar-refractivity contribution in [2.24, 2.45) is 0 Å². The van der Waals surface area contributed by atoms with Gasteiger partial charge < -0.3 is 4.90 Å². The Morgan fingerprint density at radius 2 is 2.28 bits per heavy atom. The average molecular weight is 338 g/mol. The number of likely N-dealkylation sites (tertiary alicyclic amines) is 1. The van der Waals surface area contributed by atoms with Gasteiger partial charge in [-0.05, 0) is 49.9 Å². The summed E-state index contributed by atoms with van der Waals surface area (Å²) in [6.45, 7) is 2.63. The van der Waals surface area contributed by atoms with Gasteiger partial charge in [-0.1, -0.05) is 12.1 Å². The number of hydrogen-bond acceptors (Lipinski definition) is 3. The summed E-state index contributed by atoms with van der Waals surface area (Å²) in [7, 11) is 0. The highest BCUT2D eigenvalue weighted by Crippen LogP contribution is 2.24. The summed E-state index contributed by atoms with van der Waals surface area (Å²) in [5.41, 5.74) is 3.01. The zero-order chi connectivity index (χ0) is 17.4. The van der Waals surface area contributed by atoms with E-state index in [0.29, 0.717) is 17.6 Å². The first kappa shape index (κ1) is 15.7. The van der Waals surface area contributed by atoms with Crippen LogP contribution in [-0.2, 0) is 6.42 Å². The van der Waals surface area contributed by atoms with Crippen molar-refractivity contribution in [1.82, 2.24) is 20.1 Å². The molecule has 4 rings (SSSR count). The van der Waals surface area contributed by atoms with Crippen molar-refractivity contribution < 1.29 is 9.18 Å². The van der Waals surface area contributed by atoms with Crippen molar-refractivity contribution in [1.29, 1.82) is 0 Å². The molecule has 0 bridgehead atoms. The number of aromatic nitrogens is 3. The third-order valence-electron chi connectivity index (χ3n) is 4.85. The number of pyridine rings is 1. The van der Waals surface area contributed by atoms with Crippen molar-refractivity contribution >= 4 is 16.9 Å². The molecule has 3 aromatic rings. The molecule has 25 heavy (non-hydrogen) atoms. The van der Waals surface area contributed by atoms with E-state index in [2.05, 4.69) is 15.2 Å². The number of aromatic amines is 1. The maximum atomic E-state index is 13.4. The van der Waals surface area contributed by atoms with E-state index in [1.165, 1.54) is 6.07 Å². The summed E-state index contributed by atoms with van der Waals surface area (Å²) in [6, 6.07) is 8.55. The molecule has 1 N–H and O–H groups in total. The lowest BCUT2D eigenvalue weighted by Crippen LogP contribution is -2.36. The van der Waals surface area contributed by atoms with Gasteiger partial charge in [-0.25, -0.2) is 9.37 Å². The number of H-pyrrole nitrogens is 1. The van der Waals surface area contributed by atoms with Crippen molar-refractivity contribution in [2.75, 3.05) is 6.54 Å². The molecular formula is C19H19FN4O. The number of amides is 1. The lowest BCUT2D eigenvalue weighted by molar-refractivity contribution is 0.0736. The first-order chi connectivity index (χ1) is 12.1. The Labute approximate surface area is 144 Å². The molecule has 1 aliphatic rings. The molecule has 1 saturated heterocycles. The standard InChI is InChI=1S/C19H19FN4O/c1-12-17-10-14(11-21-18(17)23-22-12)19(25)24-7-3-6-16(24)9-13-4-2-5-15(20)8-13/h2,4-5,8,10-11,16H,3,6-7,9H2,1H3,(H,21,22,23)/t16-/m0/s1. The van der Waals surface area contributed by atoms with Crippen molar-refractivity contribution in [3.8, 4) is 0 Å². The molecule has 0 radical (unpaired) electrons. The molecule has 1 amide bonds. The molecule has 6 heteroatoms. The maximum Gasteiger partial charge on any atom is 0.255 e. The van der Waals surface area contributed by atoms with Gasteiger partial charge in [0.1, 0.15) is 5.82 Å². The van der Waals surface area contributed by atoms with Gasteiger partial charge >= 0.3 is 0 Å². The van der Waals surface area contributed by atoms with Crippen molar-refractivity contribution in [2.45, 2.75) is 32.2 Å². The predicted octanol–water partition coefficient (Wildman–Crippen LogP) is 3.25. The van der Waals surface area contributed by atoms with E-state index in [1.54, 1.807) is 18.3 Å². The summed E-state index contributed by atoms with van der Waals surface area (Å²) in [5.74, 6) is -0.257. The van der Waals surface area contributed by atoms with E-state index in [0.717, 1.165) is 36.0 Å². The minimum absolute atomic E-state index is 0.0195. The summed E-state index contributed by atoms with van der Waals surface area (Å²) >= 11 is 0. The smallest absolute Gasteiger partial charge is 0.255 e. The topological polar surface area (TPSA) is 61.9 Å². The number of fused-ring (bicyclic) bond motifs is 1. The minimum atomic E-state index is -0.238. The van der Waals surface area contributed by atoms with Crippen LogP contribution in [0.15, 0.2) is 36.5 Å². The van der Waals surface area contributed by atoms with E-state index in [9.17, 15) is 9.18 Å². The fourth-order valence-electron chi connectivity index (χ4n) is 3.55. The summed E-state index contributed by atoms with van der Waals surface area (Å²) in [4.78, 5) is 19.1. The summed E-state index contributed by atoms with van der Waals surface area (Å²) < 4.78 is 13.4. The van der Waals surface area contributed by atoms with Gasteiger partial charge in [0.2, 0.25) is 0 Å². The second-order valence-electron chi connectivity index (χ2n) is 6.57. The molecule has 1 fully saturated rings. The first-order valence-corrected chi connectivity index (χ1v) is 8.48. The molecule has 0 unspecified atom stereocenters. The number of nitrogens with zero attached hydrogens (tertiary/aromatic N) is 3. The number of benzene rings is 1. The van der Waals surface area contributed by atoms with E-state index in [-0.39, 0.29) is 17.8 Å². The Bertz CT molecular complexity index is 936. The van der Waals surface area contributed by atoms with E-state index < -0.39 is 0 Å². The highest BCUT2D eigenvalue weighted by atomic mass is 19.1. The van der Waals surface area contributed by atoms with Crippen LogP contribution >= 0.6 is 0 Å². The highest BCUT2D eigenvalue weighted by molar-refractivity contribution is 5.97. The number of aryl methyl sites for hydroxylation is 1. The Balaban J connectivity index is 1.58. The number of rotatable bonds is 3. The average Bonchev–Trinajstić information content (AvgIpc) is 3.21. The van der Waals surface area contributed by atoms with Crippen molar-refractivity contribution in [3.63, 3.8) is 0 Å². The molecule has 128 valence electrons. The number of halogens is 1. The molecule has 3 heterocycles. The lowest BCUT2D eigenvalue weighted by atomic mass is 10.0. The third kappa shape index (κ3) is 2.99. The fraction of sp³-hybridized carbons (Fsp3) is 0.316. The largest absolute Gasteiger partial charge is 0.335 e. The molecule has 1 aliphatic heterocycles. The van der Waals surface area contributed by atoms with Crippen LogP contribution in [0, 0.1) is 12.7 Å². The van der Waals surface area contributed by atoms with Crippen LogP contribution in [0.25, 0.3) is 11.0 Å². The normalized spacial score (nSPS) is 17.4. The van der Waals surface area contributed by atoms with Crippen LogP contribution in [-0.4, -0.2) is 38.6 Å². The summed E-state index contributed by atoms with van der Waals surface area (Å²) in [5, 5.41) is 7.85. The SMILES string of the molecule is Cc1[nH]nc2ncc(C(=O)N3CCC[C@H]3Cc3cccc(F)c3)cc12. The van der Waals surface area contributed by atoms with Gasteiger partial charge in [-0.3, -0.25) is 9.89 Å². The molecule has 2 aromatic heterocycles. The molecule has 0 saturated carbocycles. The van der Waals surface area contributed by atoms with E-state index in [4.69, 9.17) is 0 Å². The van der Waals surface area contributed by atoms with E-state index in [1.807, 2.05) is 24.0 Å². The highest BCUT2D eigenvalue weighted by Gasteiger charge is 2.30.